The molecular formula is C24H27ClF2N2O3. The zero-order valence-electron chi connectivity index (χ0n) is 17.9. The first kappa shape index (κ1) is 23.0. The first-order chi connectivity index (χ1) is 15.2. The van der Waals surface area contributed by atoms with Crippen LogP contribution in [0.5, 0.6) is 0 Å². The summed E-state index contributed by atoms with van der Waals surface area (Å²) in [5.74, 6) is -1.79. The lowest BCUT2D eigenvalue weighted by Crippen LogP contribution is -2.55. The lowest BCUT2D eigenvalue weighted by atomic mass is 9.69. The second kappa shape index (κ2) is 8.61. The van der Waals surface area contributed by atoms with Crippen LogP contribution in [0, 0.1) is 17.6 Å². The Morgan fingerprint density at radius 3 is 2.53 bits per heavy atom. The summed E-state index contributed by atoms with van der Waals surface area (Å²) in [5.41, 5.74) is 0.773. The number of rotatable bonds is 6. The van der Waals surface area contributed by atoms with Gasteiger partial charge in [0.2, 0.25) is 0 Å². The second-order valence-corrected chi connectivity index (χ2v) is 9.55. The van der Waals surface area contributed by atoms with Gasteiger partial charge in [-0.15, -0.1) is 0 Å². The molecule has 1 fully saturated rings. The van der Waals surface area contributed by atoms with Crippen molar-refractivity contribution < 1.29 is 23.8 Å². The number of hydrogen-bond acceptors (Lipinski definition) is 4. The zero-order valence-corrected chi connectivity index (χ0v) is 18.6. The Hall–Kier alpha value is -2.22. The number of hydrogen-bond donors (Lipinski definition) is 3. The predicted octanol–water partition coefficient (Wildman–Crippen LogP) is 4.77. The molecule has 0 radical (unpaired) electrons. The molecule has 0 amide bonds. The molecule has 1 heterocycles. The van der Waals surface area contributed by atoms with Gasteiger partial charge in [-0.3, -0.25) is 4.90 Å². The van der Waals surface area contributed by atoms with E-state index < -0.39 is 22.9 Å². The highest BCUT2D eigenvalue weighted by atomic mass is 35.5. The lowest BCUT2D eigenvalue weighted by molar-refractivity contribution is -0.145. The van der Waals surface area contributed by atoms with Gasteiger partial charge in [-0.05, 0) is 73.1 Å². The number of aliphatic hydroxyl groups is 1. The third-order valence-electron chi connectivity index (χ3n) is 7.02. The smallest absolute Gasteiger partial charge is 0.329 e. The Morgan fingerprint density at radius 1 is 1.19 bits per heavy atom. The number of fused-ring (bicyclic) bond motifs is 2. The Labute approximate surface area is 191 Å². The van der Waals surface area contributed by atoms with Crippen molar-refractivity contribution in [3.05, 3.63) is 64.2 Å². The molecule has 0 saturated heterocycles. The summed E-state index contributed by atoms with van der Waals surface area (Å²) >= 11 is 5.89. The van der Waals surface area contributed by atoms with E-state index in [1.165, 1.54) is 24.3 Å². The minimum Gasteiger partial charge on any atom is -0.480 e. The van der Waals surface area contributed by atoms with Gasteiger partial charge in [-0.25, -0.2) is 13.6 Å². The van der Waals surface area contributed by atoms with E-state index in [1.807, 2.05) is 13.0 Å². The molecule has 3 N–H and O–H groups in total. The largest absolute Gasteiger partial charge is 0.480 e. The van der Waals surface area contributed by atoms with E-state index in [0.29, 0.717) is 44.5 Å². The van der Waals surface area contributed by atoms with Crippen molar-refractivity contribution in [2.75, 3.05) is 18.5 Å². The number of carbonyl (C=O) groups is 1. The van der Waals surface area contributed by atoms with E-state index in [4.69, 9.17) is 11.6 Å². The van der Waals surface area contributed by atoms with Crippen LogP contribution in [0.25, 0.3) is 0 Å². The molecule has 2 aliphatic rings. The molecule has 8 heteroatoms. The average molecular weight is 465 g/mol. The lowest BCUT2D eigenvalue weighted by Gasteiger charge is -2.48. The third kappa shape index (κ3) is 3.98. The minimum atomic E-state index is -1.22. The maximum Gasteiger partial charge on any atom is 0.329 e. The van der Waals surface area contributed by atoms with Crippen LogP contribution >= 0.6 is 11.6 Å². The SMILES string of the molecule is C[C@@H](CO)CN1Cc2cc(F)ccc2C12CCC(Nc1ccc(F)c(Cl)c1)(C(=O)O)CC2. The number of aliphatic hydroxyl groups excluding tert-OH is 1. The normalized spacial score (nSPS) is 26.2. The van der Waals surface area contributed by atoms with E-state index in [-0.39, 0.29) is 23.4 Å². The standard InChI is InChI=1S/C24H27ClF2N2O3/c1-15(14-30)12-29-13-16-10-17(26)2-4-19(16)24(29)8-6-23(7-9-24,22(31)32)28-18-3-5-21(27)20(25)11-18/h2-5,10-11,15,28,30H,6-9,12-14H2,1H3,(H,31,32)/t15-,23?,24?/m1/s1. The van der Waals surface area contributed by atoms with Gasteiger partial charge in [-0.1, -0.05) is 24.6 Å². The fourth-order valence-electron chi connectivity index (χ4n) is 5.27. The summed E-state index contributed by atoms with van der Waals surface area (Å²) in [4.78, 5) is 14.6. The zero-order chi connectivity index (χ0) is 23.1. The van der Waals surface area contributed by atoms with Crippen LogP contribution in [0.4, 0.5) is 14.5 Å². The van der Waals surface area contributed by atoms with Crippen molar-refractivity contribution in [2.24, 2.45) is 5.92 Å². The Kier molecular flexibility index (Phi) is 6.18. The van der Waals surface area contributed by atoms with Crippen molar-refractivity contribution in [2.45, 2.75) is 50.2 Å². The van der Waals surface area contributed by atoms with Gasteiger partial charge in [0.1, 0.15) is 17.2 Å². The van der Waals surface area contributed by atoms with Crippen LogP contribution < -0.4 is 5.32 Å². The first-order valence-corrected chi connectivity index (χ1v) is 11.2. The summed E-state index contributed by atoms with van der Waals surface area (Å²) in [6.07, 6.45) is 1.77. The van der Waals surface area contributed by atoms with Crippen LogP contribution in [0.1, 0.15) is 43.7 Å². The molecule has 1 saturated carbocycles. The number of aliphatic carboxylic acids is 1. The molecule has 172 valence electrons. The number of anilines is 1. The van der Waals surface area contributed by atoms with Crippen molar-refractivity contribution in [1.82, 2.24) is 4.90 Å². The van der Waals surface area contributed by atoms with Gasteiger partial charge in [0, 0.05) is 30.9 Å². The van der Waals surface area contributed by atoms with Gasteiger partial charge in [0.15, 0.2) is 0 Å². The Morgan fingerprint density at radius 2 is 1.91 bits per heavy atom. The van der Waals surface area contributed by atoms with Gasteiger partial charge >= 0.3 is 5.97 Å². The molecule has 1 aliphatic carbocycles. The quantitative estimate of drug-likeness (QED) is 0.574. The van der Waals surface area contributed by atoms with Crippen molar-refractivity contribution in [3.8, 4) is 0 Å². The summed E-state index contributed by atoms with van der Waals surface area (Å²) in [7, 11) is 0. The van der Waals surface area contributed by atoms with E-state index >= 15 is 0 Å². The highest BCUT2D eigenvalue weighted by Gasteiger charge is 2.53. The van der Waals surface area contributed by atoms with Crippen LogP contribution in [0.2, 0.25) is 5.02 Å². The number of benzene rings is 2. The van der Waals surface area contributed by atoms with Crippen LogP contribution in [0.15, 0.2) is 36.4 Å². The molecule has 5 nitrogen and oxygen atoms in total. The highest BCUT2D eigenvalue weighted by Crippen LogP contribution is 2.52. The molecule has 1 spiro atoms. The minimum absolute atomic E-state index is 0.0386. The number of halogens is 3. The van der Waals surface area contributed by atoms with Gasteiger partial charge in [0.25, 0.3) is 0 Å². The van der Waals surface area contributed by atoms with E-state index in [2.05, 4.69) is 10.2 Å². The summed E-state index contributed by atoms with van der Waals surface area (Å²) in [6, 6.07) is 8.92. The van der Waals surface area contributed by atoms with E-state index in [9.17, 15) is 23.8 Å². The molecule has 0 unspecified atom stereocenters. The maximum atomic E-state index is 13.9. The molecule has 32 heavy (non-hydrogen) atoms. The Bertz CT molecular complexity index is 1020. The van der Waals surface area contributed by atoms with Gasteiger partial charge < -0.3 is 15.5 Å². The molecule has 4 rings (SSSR count). The van der Waals surface area contributed by atoms with Crippen LogP contribution in [-0.2, 0) is 16.9 Å². The number of carboxylic acid groups (broad SMARTS) is 1. The number of nitrogens with one attached hydrogen (secondary N) is 1. The highest BCUT2D eigenvalue weighted by molar-refractivity contribution is 6.31. The van der Waals surface area contributed by atoms with Crippen molar-refractivity contribution in [3.63, 3.8) is 0 Å². The Balaban J connectivity index is 1.64. The third-order valence-corrected chi connectivity index (χ3v) is 7.31. The maximum absolute atomic E-state index is 13.9. The summed E-state index contributed by atoms with van der Waals surface area (Å²) in [5, 5.41) is 22.7. The second-order valence-electron chi connectivity index (χ2n) is 9.14. The van der Waals surface area contributed by atoms with Gasteiger partial charge in [0.05, 0.1) is 5.02 Å². The predicted molar refractivity (Wildman–Crippen MR) is 119 cm³/mol. The summed E-state index contributed by atoms with van der Waals surface area (Å²) in [6.45, 7) is 3.21. The van der Waals surface area contributed by atoms with E-state index in [1.54, 1.807) is 6.07 Å². The molecule has 2 aromatic carbocycles. The molecular weight excluding hydrogens is 438 g/mol. The topological polar surface area (TPSA) is 72.8 Å². The average Bonchev–Trinajstić information content (AvgIpc) is 3.04. The molecule has 1 aliphatic heterocycles. The van der Waals surface area contributed by atoms with Gasteiger partial charge in [-0.2, -0.15) is 0 Å². The monoisotopic (exact) mass is 464 g/mol. The van der Waals surface area contributed by atoms with Crippen molar-refractivity contribution in [1.29, 1.82) is 0 Å². The number of carboxylic acids is 1. The van der Waals surface area contributed by atoms with E-state index in [0.717, 1.165) is 11.1 Å². The molecule has 1 atom stereocenters. The van der Waals surface area contributed by atoms with Crippen molar-refractivity contribution >= 4 is 23.3 Å². The molecule has 0 aromatic heterocycles. The van der Waals surface area contributed by atoms with Crippen LogP contribution in [-0.4, -0.2) is 39.8 Å². The molecule has 2 aromatic rings. The van der Waals surface area contributed by atoms with Crippen LogP contribution in [0.3, 0.4) is 0 Å². The summed E-state index contributed by atoms with van der Waals surface area (Å²) < 4.78 is 27.5. The fourth-order valence-corrected chi connectivity index (χ4v) is 5.45. The fraction of sp³-hybridized carbons (Fsp3) is 0.458. The molecule has 0 bridgehead atoms. The first-order valence-electron chi connectivity index (χ1n) is 10.8. The number of nitrogens with zero attached hydrogens (tertiary/aromatic N) is 1.